The number of hydrogen-bond acceptors (Lipinski definition) is 3. The molecule has 0 aromatic rings. The molecule has 1 heterocycles. The zero-order chi connectivity index (χ0) is 14.8. The summed E-state index contributed by atoms with van der Waals surface area (Å²) in [4.78, 5) is 37.9. The monoisotopic (exact) mass is 280 g/mol. The van der Waals surface area contributed by atoms with Crippen molar-refractivity contribution < 1.29 is 14.4 Å². The third-order valence-corrected chi connectivity index (χ3v) is 4.43. The fourth-order valence-corrected chi connectivity index (χ4v) is 3.19. The summed E-state index contributed by atoms with van der Waals surface area (Å²) in [5.41, 5.74) is -0.968. The van der Waals surface area contributed by atoms with Gasteiger partial charge in [-0.1, -0.05) is 33.1 Å². The molecule has 2 rings (SSSR count). The Balaban J connectivity index is 2.10. The summed E-state index contributed by atoms with van der Waals surface area (Å²) in [6.45, 7) is 4.65. The Morgan fingerprint density at radius 1 is 1.15 bits per heavy atom. The summed E-state index contributed by atoms with van der Waals surface area (Å²) < 4.78 is 0. The molecule has 0 bridgehead atoms. The van der Waals surface area contributed by atoms with Crippen LogP contribution >= 0.6 is 0 Å². The highest BCUT2D eigenvalue weighted by Gasteiger charge is 2.53. The Morgan fingerprint density at radius 2 is 1.80 bits per heavy atom. The molecule has 1 spiro atoms. The number of nitrogens with zero attached hydrogens (tertiary/aromatic N) is 1. The Kier molecular flexibility index (Phi) is 4.45. The predicted molar refractivity (Wildman–Crippen MR) is 74.8 cm³/mol. The van der Waals surface area contributed by atoms with Crippen molar-refractivity contribution in [1.82, 2.24) is 10.2 Å². The molecule has 4 amide bonds. The van der Waals surface area contributed by atoms with E-state index in [-0.39, 0.29) is 11.8 Å². The van der Waals surface area contributed by atoms with Crippen molar-refractivity contribution in [3.63, 3.8) is 0 Å². The number of hydrogen-bond donors (Lipinski definition) is 1. The molecule has 1 aliphatic carbocycles. The smallest absolute Gasteiger partial charge is 0.277 e. The molecule has 20 heavy (non-hydrogen) atoms. The molecule has 0 aromatic carbocycles. The van der Waals surface area contributed by atoms with Gasteiger partial charge < -0.3 is 0 Å². The lowest BCUT2D eigenvalue weighted by molar-refractivity contribution is -0.154. The van der Waals surface area contributed by atoms with Gasteiger partial charge in [-0.15, -0.1) is 0 Å². The standard InChI is InChI=1S/C15H24N2O3/c1-11(2)7-6-10-17-13(19)15(8-4-3-5-9-15)12(18)16-14(17)20/h11H,3-10H2,1-2H3,(H,16,18,20). The average Bonchev–Trinajstić information content (AvgIpc) is 2.41. The number of carbonyl (C=O) groups excluding carboxylic acids is 3. The van der Waals surface area contributed by atoms with E-state index in [0.717, 1.165) is 32.1 Å². The first-order valence-corrected chi connectivity index (χ1v) is 7.65. The van der Waals surface area contributed by atoms with Crippen molar-refractivity contribution in [2.75, 3.05) is 6.54 Å². The first-order valence-electron chi connectivity index (χ1n) is 7.65. The van der Waals surface area contributed by atoms with Crippen LogP contribution in [-0.4, -0.2) is 29.3 Å². The van der Waals surface area contributed by atoms with Crippen LogP contribution in [-0.2, 0) is 9.59 Å². The molecular weight excluding hydrogens is 256 g/mol. The normalized spacial score (nSPS) is 22.6. The lowest BCUT2D eigenvalue weighted by Gasteiger charge is -2.41. The third-order valence-electron chi connectivity index (χ3n) is 4.43. The molecule has 1 N–H and O–H groups in total. The van der Waals surface area contributed by atoms with Crippen LogP contribution < -0.4 is 5.32 Å². The number of nitrogens with one attached hydrogen (secondary N) is 1. The average molecular weight is 280 g/mol. The fraction of sp³-hybridized carbons (Fsp3) is 0.800. The molecule has 5 heteroatoms. The molecule has 0 unspecified atom stereocenters. The topological polar surface area (TPSA) is 66.5 Å². The van der Waals surface area contributed by atoms with Crippen molar-refractivity contribution in [2.45, 2.75) is 58.8 Å². The second kappa shape index (κ2) is 5.94. The van der Waals surface area contributed by atoms with E-state index in [1.807, 2.05) is 0 Å². The Labute approximate surface area is 120 Å². The molecule has 0 aromatic heterocycles. The lowest BCUT2D eigenvalue weighted by atomic mass is 9.71. The maximum atomic E-state index is 12.6. The predicted octanol–water partition coefficient (Wildman–Crippen LogP) is 2.45. The zero-order valence-corrected chi connectivity index (χ0v) is 12.4. The summed E-state index contributed by atoms with van der Waals surface area (Å²) in [6, 6.07) is -0.542. The second-order valence-corrected chi connectivity index (χ2v) is 6.39. The van der Waals surface area contributed by atoms with Gasteiger partial charge in [-0.3, -0.25) is 19.8 Å². The van der Waals surface area contributed by atoms with Gasteiger partial charge in [0.25, 0.3) is 0 Å². The van der Waals surface area contributed by atoms with Gasteiger partial charge in [-0.25, -0.2) is 4.79 Å². The molecule has 112 valence electrons. The highest BCUT2D eigenvalue weighted by molar-refractivity contribution is 6.19. The minimum atomic E-state index is -0.968. The van der Waals surface area contributed by atoms with Crippen LogP contribution in [0.3, 0.4) is 0 Å². The lowest BCUT2D eigenvalue weighted by Crippen LogP contribution is -2.64. The largest absolute Gasteiger partial charge is 0.330 e. The van der Waals surface area contributed by atoms with E-state index in [4.69, 9.17) is 0 Å². The van der Waals surface area contributed by atoms with Gasteiger partial charge in [0.15, 0.2) is 0 Å². The quantitative estimate of drug-likeness (QED) is 0.804. The number of carbonyl (C=O) groups is 3. The third kappa shape index (κ3) is 2.72. The first-order chi connectivity index (χ1) is 9.47. The summed E-state index contributed by atoms with van der Waals surface area (Å²) >= 11 is 0. The van der Waals surface area contributed by atoms with Crippen molar-refractivity contribution in [2.24, 2.45) is 11.3 Å². The van der Waals surface area contributed by atoms with Crippen molar-refractivity contribution >= 4 is 17.8 Å². The van der Waals surface area contributed by atoms with Gasteiger partial charge in [0.05, 0.1) is 0 Å². The first kappa shape index (κ1) is 15.0. The fourth-order valence-electron chi connectivity index (χ4n) is 3.19. The molecule has 0 radical (unpaired) electrons. The molecule has 2 aliphatic rings. The number of amides is 4. The van der Waals surface area contributed by atoms with Gasteiger partial charge in [0, 0.05) is 6.54 Å². The van der Waals surface area contributed by atoms with Crippen LogP contribution in [0.15, 0.2) is 0 Å². The van der Waals surface area contributed by atoms with Gasteiger partial charge in [-0.2, -0.15) is 0 Å². The Hall–Kier alpha value is -1.39. The molecule has 1 saturated carbocycles. The van der Waals surface area contributed by atoms with E-state index in [9.17, 15) is 14.4 Å². The van der Waals surface area contributed by atoms with Crippen LogP contribution in [0.2, 0.25) is 0 Å². The number of imide groups is 2. The number of urea groups is 1. The molecule has 2 fully saturated rings. The summed E-state index contributed by atoms with van der Waals surface area (Å²) in [7, 11) is 0. The van der Waals surface area contributed by atoms with Crippen LogP contribution in [0, 0.1) is 11.3 Å². The Morgan fingerprint density at radius 3 is 2.40 bits per heavy atom. The van der Waals surface area contributed by atoms with E-state index >= 15 is 0 Å². The Bertz CT molecular complexity index is 411. The maximum Gasteiger partial charge on any atom is 0.330 e. The molecular formula is C15H24N2O3. The van der Waals surface area contributed by atoms with Gasteiger partial charge in [0.2, 0.25) is 11.8 Å². The minimum Gasteiger partial charge on any atom is -0.277 e. The van der Waals surface area contributed by atoms with Gasteiger partial charge in [-0.05, 0) is 31.6 Å². The van der Waals surface area contributed by atoms with Crippen molar-refractivity contribution in [3.8, 4) is 0 Å². The van der Waals surface area contributed by atoms with Crippen molar-refractivity contribution in [3.05, 3.63) is 0 Å². The van der Waals surface area contributed by atoms with Gasteiger partial charge >= 0.3 is 6.03 Å². The SMILES string of the molecule is CC(C)CCCN1C(=O)NC(=O)C2(CCCCC2)C1=O. The van der Waals surface area contributed by atoms with E-state index in [2.05, 4.69) is 19.2 Å². The summed E-state index contributed by atoms with van der Waals surface area (Å²) in [5.74, 6) is -0.106. The van der Waals surface area contributed by atoms with Crippen LogP contribution in [0.4, 0.5) is 4.79 Å². The molecule has 0 atom stereocenters. The second-order valence-electron chi connectivity index (χ2n) is 6.39. The zero-order valence-electron chi connectivity index (χ0n) is 12.4. The summed E-state index contributed by atoms with van der Waals surface area (Å²) in [5, 5.41) is 2.39. The number of barbiturate groups is 1. The molecule has 5 nitrogen and oxygen atoms in total. The van der Waals surface area contributed by atoms with Gasteiger partial charge in [0.1, 0.15) is 5.41 Å². The summed E-state index contributed by atoms with van der Waals surface area (Å²) in [6.07, 6.45) is 5.74. The maximum absolute atomic E-state index is 12.6. The van der Waals surface area contributed by atoms with Crippen LogP contribution in [0.1, 0.15) is 58.8 Å². The minimum absolute atomic E-state index is 0.269. The highest BCUT2D eigenvalue weighted by atomic mass is 16.2. The van der Waals surface area contributed by atoms with Crippen LogP contribution in [0.25, 0.3) is 0 Å². The van der Waals surface area contributed by atoms with E-state index in [1.165, 1.54) is 4.90 Å². The highest BCUT2D eigenvalue weighted by Crippen LogP contribution is 2.40. The van der Waals surface area contributed by atoms with E-state index in [0.29, 0.717) is 25.3 Å². The van der Waals surface area contributed by atoms with E-state index < -0.39 is 11.4 Å². The van der Waals surface area contributed by atoms with E-state index in [1.54, 1.807) is 0 Å². The molecule has 1 aliphatic heterocycles. The van der Waals surface area contributed by atoms with Crippen molar-refractivity contribution in [1.29, 1.82) is 0 Å². The number of rotatable bonds is 4. The molecule has 1 saturated heterocycles. The van der Waals surface area contributed by atoms with Crippen LogP contribution in [0.5, 0.6) is 0 Å².